The Bertz CT molecular complexity index is 489. The third-order valence-corrected chi connectivity index (χ3v) is 6.59. The van der Waals surface area contributed by atoms with Gasteiger partial charge in [0.25, 0.3) is 0 Å². The van der Waals surface area contributed by atoms with E-state index in [4.69, 9.17) is 60.6 Å². The molecule has 2 bridgehead atoms. The summed E-state index contributed by atoms with van der Waals surface area (Å²) in [5.41, 5.74) is -1.93. The molecule has 0 aromatic carbocycles. The first kappa shape index (κ1) is 14.7. The van der Waals surface area contributed by atoms with Gasteiger partial charge in [-0.2, -0.15) is 0 Å². The lowest BCUT2D eigenvalue weighted by Crippen LogP contribution is -2.56. The summed E-state index contributed by atoms with van der Waals surface area (Å²) in [4.78, 5) is 0. The molecule has 3 heterocycles. The maximum atomic E-state index is 6.40. The van der Waals surface area contributed by atoms with Gasteiger partial charge in [0.15, 0.2) is 10.1 Å². The monoisotopic (exact) mass is 346 g/mol. The van der Waals surface area contributed by atoms with Gasteiger partial charge in [0.1, 0.15) is 23.4 Å². The van der Waals surface area contributed by atoms with E-state index >= 15 is 0 Å². The molecule has 2 saturated heterocycles. The molecular formula is C12H14Cl4O3. The van der Waals surface area contributed by atoms with E-state index in [2.05, 4.69) is 0 Å². The molecule has 3 rings (SSSR count). The summed E-state index contributed by atoms with van der Waals surface area (Å²) in [6.45, 7) is 7.25. The summed E-state index contributed by atoms with van der Waals surface area (Å²) in [6, 6.07) is 0. The smallest absolute Gasteiger partial charge is 0.185 e. The minimum Gasteiger partial charge on any atom is -0.354 e. The van der Waals surface area contributed by atoms with Crippen molar-refractivity contribution in [1.29, 1.82) is 0 Å². The van der Waals surface area contributed by atoms with Gasteiger partial charge in [-0.25, -0.2) is 0 Å². The van der Waals surface area contributed by atoms with Crippen molar-refractivity contribution in [2.75, 3.05) is 0 Å². The Morgan fingerprint density at radius 3 is 2.00 bits per heavy atom. The lowest BCUT2D eigenvalue weighted by molar-refractivity contribution is -0.222. The Balaban J connectivity index is 2.21. The Morgan fingerprint density at radius 2 is 1.42 bits per heavy atom. The summed E-state index contributed by atoms with van der Waals surface area (Å²) in [5, 5.41) is 0.443. The molecule has 3 nitrogen and oxygen atoms in total. The van der Waals surface area contributed by atoms with Crippen molar-refractivity contribution >= 4 is 46.4 Å². The molecule has 0 saturated carbocycles. The number of alkyl halides is 2. The molecule has 108 valence electrons. The first-order chi connectivity index (χ1) is 8.46. The molecule has 0 aromatic rings. The zero-order valence-corrected chi connectivity index (χ0v) is 13.9. The summed E-state index contributed by atoms with van der Waals surface area (Å²) in [7, 11) is 0. The molecule has 0 aliphatic carbocycles. The lowest BCUT2D eigenvalue weighted by Gasteiger charge is -2.45. The van der Waals surface area contributed by atoms with E-state index < -0.39 is 33.5 Å². The zero-order valence-electron chi connectivity index (χ0n) is 10.9. The second-order valence-corrected chi connectivity index (χ2v) is 8.08. The highest BCUT2D eigenvalue weighted by atomic mass is 35.5. The number of hydrogen-bond donors (Lipinski definition) is 0. The maximum absolute atomic E-state index is 6.40. The fourth-order valence-electron chi connectivity index (χ4n) is 3.11. The molecule has 4 atom stereocenters. The maximum Gasteiger partial charge on any atom is 0.185 e. The molecule has 0 spiro atoms. The summed E-state index contributed by atoms with van der Waals surface area (Å²) in [5.74, 6) is -0.744. The molecule has 3 aliphatic rings. The van der Waals surface area contributed by atoms with Crippen molar-refractivity contribution in [2.45, 2.75) is 61.2 Å². The first-order valence-electron chi connectivity index (χ1n) is 5.95. The van der Waals surface area contributed by atoms with Crippen LogP contribution in [0.2, 0.25) is 0 Å². The average molecular weight is 348 g/mol. The van der Waals surface area contributed by atoms with Gasteiger partial charge in [-0.15, -0.1) is 0 Å². The Morgan fingerprint density at radius 1 is 0.895 bits per heavy atom. The van der Waals surface area contributed by atoms with Crippen LogP contribution >= 0.6 is 46.4 Å². The van der Waals surface area contributed by atoms with Gasteiger partial charge in [-0.05, 0) is 27.7 Å². The van der Waals surface area contributed by atoms with Crippen LogP contribution in [0.25, 0.3) is 0 Å². The topological polar surface area (TPSA) is 27.7 Å². The molecule has 0 unspecified atom stereocenters. The van der Waals surface area contributed by atoms with Crippen LogP contribution in [-0.4, -0.2) is 33.5 Å². The van der Waals surface area contributed by atoms with Gasteiger partial charge < -0.3 is 14.2 Å². The van der Waals surface area contributed by atoms with Crippen LogP contribution in [0.5, 0.6) is 0 Å². The first-order valence-corrected chi connectivity index (χ1v) is 7.47. The van der Waals surface area contributed by atoms with Crippen LogP contribution in [0.1, 0.15) is 27.7 Å². The van der Waals surface area contributed by atoms with E-state index in [0.717, 1.165) is 0 Å². The van der Waals surface area contributed by atoms with Crippen molar-refractivity contribution in [3.8, 4) is 0 Å². The van der Waals surface area contributed by atoms with E-state index in [9.17, 15) is 0 Å². The molecule has 0 radical (unpaired) electrons. The van der Waals surface area contributed by atoms with E-state index in [-0.39, 0.29) is 10.1 Å². The molecule has 0 amide bonds. The van der Waals surface area contributed by atoms with Crippen LogP contribution in [0.4, 0.5) is 0 Å². The van der Waals surface area contributed by atoms with Crippen molar-refractivity contribution in [3.05, 3.63) is 10.1 Å². The normalized spacial score (nSPS) is 50.5. The van der Waals surface area contributed by atoms with Crippen molar-refractivity contribution in [3.63, 3.8) is 0 Å². The van der Waals surface area contributed by atoms with Crippen LogP contribution in [0.3, 0.4) is 0 Å². The largest absolute Gasteiger partial charge is 0.354 e. The summed E-state index contributed by atoms with van der Waals surface area (Å²) in [6.07, 6.45) is -0.861. The van der Waals surface area contributed by atoms with Crippen LogP contribution in [-0.2, 0) is 14.2 Å². The second kappa shape index (κ2) is 3.75. The van der Waals surface area contributed by atoms with Crippen LogP contribution < -0.4 is 0 Å². The van der Waals surface area contributed by atoms with Crippen LogP contribution in [0.15, 0.2) is 10.1 Å². The minimum absolute atomic E-state index is 0.174. The second-order valence-electron chi connectivity index (χ2n) is 6.00. The molecule has 19 heavy (non-hydrogen) atoms. The molecule has 0 aromatic heterocycles. The van der Waals surface area contributed by atoms with Crippen LogP contribution in [0, 0.1) is 0 Å². The fraction of sp³-hybridized carbons (Fsp3) is 0.833. The average Bonchev–Trinajstić information content (AvgIpc) is 2.70. The molecule has 2 fully saturated rings. The highest BCUT2D eigenvalue weighted by Crippen LogP contribution is 2.64. The van der Waals surface area contributed by atoms with Gasteiger partial charge in [0, 0.05) is 0 Å². The fourth-order valence-corrected chi connectivity index (χ4v) is 4.35. The van der Waals surface area contributed by atoms with E-state index in [1.54, 1.807) is 6.92 Å². The van der Waals surface area contributed by atoms with E-state index in [0.29, 0.717) is 0 Å². The van der Waals surface area contributed by atoms with Crippen molar-refractivity contribution in [1.82, 2.24) is 0 Å². The number of fused-ring (bicyclic) bond motifs is 5. The summed E-state index contributed by atoms with van der Waals surface area (Å²) < 4.78 is 16.4. The Labute approximate surface area is 132 Å². The van der Waals surface area contributed by atoms with Gasteiger partial charge in [0.05, 0.1) is 10.1 Å². The number of hydrogen-bond acceptors (Lipinski definition) is 3. The summed E-state index contributed by atoms with van der Waals surface area (Å²) >= 11 is 25.4. The molecular weight excluding hydrogens is 334 g/mol. The van der Waals surface area contributed by atoms with Crippen molar-refractivity contribution in [2.24, 2.45) is 0 Å². The molecule has 0 N–H and O–H groups in total. The third kappa shape index (κ3) is 1.58. The van der Waals surface area contributed by atoms with Gasteiger partial charge in [0.2, 0.25) is 0 Å². The number of rotatable bonds is 0. The predicted molar refractivity (Wildman–Crippen MR) is 74.9 cm³/mol. The van der Waals surface area contributed by atoms with Gasteiger partial charge in [-0.1, -0.05) is 46.4 Å². The molecule has 3 aliphatic heterocycles. The standard InChI is InChI=1S/C12H14Cl4O3/c1-9(2)17-7-8(18-9)11(4)12(15,16)6(14)5(13)10(7,3)19-11/h7-8H,1-4H3/t7-,8+,10+,11+/m1/s1. The van der Waals surface area contributed by atoms with E-state index in [1.807, 2.05) is 20.8 Å². The highest BCUT2D eigenvalue weighted by molar-refractivity contribution is 6.59. The number of ether oxygens (including phenoxy) is 3. The number of halogens is 4. The Kier molecular flexibility index (Phi) is 2.90. The van der Waals surface area contributed by atoms with Gasteiger partial charge >= 0.3 is 0 Å². The predicted octanol–water partition coefficient (Wildman–Crippen LogP) is 3.93. The highest BCUT2D eigenvalue weighted by Gasteiger charge is 2.76. The van der Waals surface area contributed by atoms with Crippen molar-refractivity contribution < 1.29 is 14.2 Å². The van der Waals surface area contributed by atoms with E-state index in [1.165, 1.54) is 0 Å². The lowest BCUT2D eigenvalue weighted by atomic mass is 9.93. The zero-order chi connectivity index (χ0) is 14.4. The minimum atomic E-state index is -1.48. The molecule has 7 heteroatoms. The third-order valence-electron chi connectivity index (χ3n) is 4.13. The quantitative estimate of drug-likeness (QED) is 0.621. The SMILES string of the molecule is CC1(C)O[C@@H]2[C@H](O1)[C@]1(C)O[C@@]2(C)C(Cl)=C(Cl)C1(Cl)Cl. The Hall–Kier alpha value is 0.780. The van der Waals surface area contributed by atoms with Gasteiger partial charge in [-0.3, -0.25) is 0 Å².